The number of sulfone groups is 1. The van der Waals surface area contributed by atoms with Crippen molar-refractivity contribution in [1.29, 1.82) is 5.26 Å². The largest absolute Gasteiger partial charge is 0.348 e. The first kappa shape index (κ1) is 23.6. The fraction of sp³-hybridized carbons (Fsp3) is 0.391. The summed E-state index contributed by atoms with van der Waals surface area (Å²) < 4.78 is 38.4. The third-order valence-electron chi connectivity index (χ3n) is 6.49. The minimum atomic E-state index is -3.32. The van der Waals surface area contributed by atoms with Crippen LogP contribution in [0.3, 0.4) is 0 Å². The summed E-state index contributed by atoms with van der Waals surface area (Å²) in [5.74, 6) is -1.81. The van der Waals surface area contributed by atoms with E-state index in [1.54, 1.807) is 13.0 Å². The van der Waals surface area contributed by atoms with Crippen LogP contribution < -0.4 is 10.9 Å². The number of carbonyl (C=O) groups is 2. The van der Waals surface area contributed by atoms with Crippen molar-refractivity contribution >= 4 is 21.7 Å². The summed E-state index contributed by atoms with van der Waals surface area (Å²) in [7, 11) is -3.32. The first-order valence-electron chi connectivity index (χ1n) is 10.7. The highest BCUT2D eigenvalue weighted by molar-refractivity contribution is 7.92. The van der Waals surface area contributed by atoms with Crippen LogP contribution in [0.1, 0.15) is 50.4 Å². The molecule has 1 saturated carbocycles. The van der Waals surface area contributed by atoms with Gasteiger partial charge in [0.05, 0.1) is 10.3 Å². The predicted octanol–water partition coefficient (Wildman–Crippen LogP) is 1.13. The number of benzene rings is 1. The molecule has 2 heterocycles. The van der Waals surface area contributed by atoms with E-state index in [0.29, 0.717) is 24.0 Å². The molecule has 4 rings (SSSR count). The maximum atomic E-state index is 13.8. The SMILES string of the molecule is Cc1cc(C(=O)NCc2ccc(C#N)c(F)c2)c(=O)n2c1C(=O)N(CC1(S(C)(=O)=O)CC1)CC2. The number of amides is 2. The molecule has 1 aliphatic heterocycles. The Morgan fingerprint density at radius 2 is 1.94 bits per heavy atom. The van der Waals surface area contributed by atoms with Crippen LogP contribution in [-0.4, -0.2) is 53.8 Å². The Hall–Kier alpha value is -3.52. The molecule has 1 aliphatic carbocycles. The van der Waals surface area contributed by atoms with E-state index in [1.165, 1.54) is 33.9 Å². The zero-order valence-corrected chi connectivity index (χ0v) is 19.5. The van der Waals surface area contributed by atoms with E-state index in [2.05, 4.69) is 5.32 Å². The standard InChI is InChI=1S/C23H23FN4O5S/c1-14-9-17(20(29)26-12-15-3-4-16(11-25)18(24)10-15)21(30)28-8-7-27(22(31)19(14)28)13-23(5-6-23)34(2,32)33/h3-4,9-10H,5-8,12-13H2,1-2H3,(H,26,29). The minimum absolute atomic E-state index is 0.0536. The van der Waals surface area contributed by atoms with Crippen LogP contribution in [0.15, 0.2) is 29.1 Å². The molecular weight excluding hydrogens is 463 g/mol. The predicted molar refractivity (Wildman–Crippen MR) is 120 cm³/mol. The van der Waals surface area contributed by atoms with Crippen LogP contribution in [0.4, 0.5) is 4.39 Å². The van der Waals surface area contributed by atoms with Crippen molar-refractivity contribution in [1.82, 2.24) is 14.8 Å². The van der Waals surface area contributed by atoms with E-state index < -0.39 is 37.8 Å². The molecule has 1 aromatic carbocycles. The van der Waals surface area contributed by atoms with Crippen LogP contribution in [0.2, 0.25) is 0 Å². The summed E-state index contributed by atoms with van der Waals surface area (Å²) in [5, 5.41) is 11.4. The first-order chi connectivity index (χ1) is 16.0. The molecule has 2 aromatic rings. The fourth-order valence-electron chi connectivity index (χ4n) is 4.26. The van der Waals surface area contributed by atoms with Gasteiger partial charge in [0.25, 0.3) is 17.4 Å². The normalized spacial score (nSPS) is 16.5. The highest BCUT2D eigenvalue weighted by Gasteiger charge is 2.54. The van der Waals surface area contributed by atoms with Gasteiger partial charge in [0, 0.05) is 32.4 Å². The maximum Gasteiger partial charge on any atom is 0.270 e. The number of pyridine rings is 1. The summed E-state index contributed by atoms with van der Waals surface area (Å²) >= 11 is 0. The molecule has 11 heteroatoms. The number of hydrogen-bond donors (Lipinski definition) is 1. The molecule has 1 fully saturated rings. The van der Waals surface area contributed by atoms with Crippen molar-refractivity contribution in [2.24, 2.45) is 0 Å². The van der Waals surface area contributed by atoms with Gasteiger partial charge in [-0.1, -0.05) is 6.07 Å². The maximum absolute atomic E-state index is 13.8. The van der Waals surface area contributed by atoms with Crippen LogP contribution in [0.25, 0.3) is 0 Å². The van der Waals surface area contributed by atoms with Crippen LogP contribution in [-0.2, 0) is 22.9 Å². The summed E-state index contributed by atoms with van der Waals surface area (Å²) in [4.78, 5) is 40.3. The molecule has 2 amide bonds. The van der Waals surface area contributed by atoms with Crippen molar-refractivity contribution in [2.45, 2.75) is 37.6 Å². The van der Waals surface area contributed by atoms with Gasteiger partial charge in [0.2, 0.25) is 0 Å². The van der Waals surface area contributed by atoms with E-state index in [1.807, 2.05) is 0 Å². The number of aryl methyl sites for hydroxylation is 1. The smallest absolute Gasteiger partial charge is 0.270 e. The number of rotatable bonds is 6. The number of nitriles is 1. The van der Waals surface area contributed by atoms with Gasteiger partial charge in [-0.15, -0.1) is 0 Å². The zero-order valence-electron chi connectivity index (χ0n) is 18.7. The van der Waals surface area contributed by atoms with Crippen molar-refractivity contribution in [3.05, 3.63) is 68.4 Å². The summed E-state index contributed by atoms with van der Waals surface area (Å²) in [6, 6.07) is 7.01. The number of carbonyl (C=O) groups excluding carboxylic acids is 2. The number of nitrogens with zero attached hydrogens (tertiary/aromatic N) is 3. The molecule has 0 bridgehead atoms. The van der Waals surface area contributed by atoms with Crippen LogP contribution in [0.5, 0.6) is 0 Å². The van der Waals surface area contributed by atoms with Gasteiger partial charge in [-0.25, -0.2) is 12.8 Å². The number of halogens is 1. The Kier molecular flexibility index (Phi) is 5.81. The molecule has 34 heavy (non-hydrogen) atoms. The summed E-state index contributed by atoms with van der Waals surface area (Å²) in [6.07, 6.45) is 2.18. The topological polar surface area (TPSA) is 129 Å². The van der Waals surface area contributed by atoms with E-state index >= 15 is 0 Å². The highest BCUT2D eigenvalue weighted by Crippen LogP contribution is 2.44. The monoisotopic (exact) mass is 486 g/mol. The van der Waals surface area contributed by atoms with E-state index in [-0.39, 0.29) is 43.0 Å². The molecular formula is C23H23FN4O5S. The Balaban J connectivity index is 1.54. The molecule has 0 saturated heterocycles. The van der Waals surface area contributed by atoms with E-state index in [4.69, 9.17) is 5.26 Å². The molecule has 0 atom stereocenters. The van der Waals surface area contributed by atoms with Gasteiger partial charge >= 0.3 is 0 Å². The summed E-state index contributed by atoms with van der Waals surface area (Å²) in [5.41, 5.74) is 0.110. The lowest BCUT2D eigenvalue weighted by molar-refractivity contribution is 0.0693. The molecule has 0 spiro atoms. The molecule has 1 N–H and O–H groups in total. The second kappa shape index (κ2) is 8.36. The lowest BCUT2D eigenvalue weighted by Crippen LogP contribution is -2.50. The van der Waals surface area contributed by atoms with Crippen LogP contribution in [0, 0.1) is 24.1 Å². The number of aromatic nitrogens is 1. The lowest BCUT2D eigenvalue weighted by atomic mass is 10.1. The quantitative estimate of drug-likeness (QED) is 0.652. The zero-order chi connectivity index (χ0) is 24.8. The van der Waals surface area contributed by atoms with Crippen molar-refractivity contribution in [2.75, 3.05) is 19.3 Å². The van der Waals surface area contributed by atoms with Gasteiger partial charge in [0.15, 0.2) is 9.84 Å². The van der Waals surface area contributed by atoms with Crippen molar-refractivity contribution in [3.63, 3.8) is 0 Å². The van der Waals surface area contributed by atoms with Gasteiger partial charge in [-0.3, -0.25) is 14.4 Å². The second-order valence-corrected chi connectivity index (χ2v) is 11.2. The molecule has 2 aliphatic rings. The second-order valence-electron chi connectivity index (χ2n) is 8.84. The Morgan fingerprint density at radius 1 is 1.24 bits per heavy atom. The van der Waals surface area contributed by atoms with Crippen LogP contribution >= 0.6 is 0 Å². The number of hydrogen-bond acceptors (Lipinski definition) is 6. The van der Waals surface area contributed by atoms with E-state index in [0.717, 1.165) is 6.07 Å². The van der Waals surface area contributed by atoms with Gasteiger partial charge in [-0.05, 0) is 49.1 Å². The van der Waals surface area contributed by atoms with Crippen molar-refractivity contribution < 1.29 is 22.4 Å². The average Bonchev–Trinajstić information content (AvgIpc) is 3.57. The highest BCUT2D eigenvalue weighted by atomic mass is 32.2. The third-order valence-corrected chi connectivity index (χ3v) is 8.60. The molecule has 0 unspecified atom stereocenters. The Morgan fingerprint density at radius 3 is 2.53 bits per heavy atom. The van der Waals surface area contributed by atoms with Gasteiger partial charge in [-0.2, -0.15) is 5.26 Å². The Labute approximate surface area is 195 Å². The molecule has 178 valence electrons. The molecule has 9 nitrogen and oxygen atoms in total. The number of fused-ring (bicyclic) bond motifs is 1. The average molecular weight is 487 g/mol. The fourth-order valence-corrected chi connectivity index (χ4v) is 5.49. The first-order valence-corrected chi connectivity index (χ1v) is 12.6. The van der Waals surface area contributed by atoms with Gasteiger partial charge < -0.3 is 14.8 Å². The minimum Gasteiger partial charge on any atom is -0.348 e. The Bertz CT molecular complexity index is 1420. The lowest BCUT2D eigenvalue weighted by Gasteiger charge is -2.33. The number of nitrogens with one attached hydrogen (secondary N) is 1. The molecule has 0 radical (unpaired) electrons. The van der Waals surface area contributed by atoms with Crippen molar-refractivity contribution in [3.8, 4) is 6.07 Å². The van der Waals surface area contributed by atoms with E-state index in [9.17, 15) is 27.2 Å². The molecule has 1 aromatic heterocycles. The van der Waals surface area contributed by atoms with Gasteiger partial charge in [0.1, 0.15) is 23.1 Å². The third kappa shape index (κ3) is 4.09. The summed E-state index contributed by atoms with van der Waals surface area (Å²) in [6.45, 7) is 1.95.